The number of carbonyl (C=O) groups excluding carboxylic acids is 4. The summed E-state index contributed by atoms with van der Waals surface area (Å²) in [6, 6.07) is 22.1. The summed E-state index contributed by atoms with van der Waals surface area (Å²) in [6.45, 7) is 20.8. The van der Waals surface area contributed by atoms with Crippen LogP contribution in [0.2, 0.25) is 0 Å². The summed E-state index contributed by atoms with van der Waals surface area (Å²) >= 11 is 0. The number of aryl methyl sites for hydroxylation is 2. The molecule has 4 saturated heterocycles. The number of amides is 4. The Labute approximate surface area is 478 Å². The van der Waals surface area contributed by atoms with Crippen LogP contribution in [0.4, 0.5) is 22.7 Å². The first-order chi connectivity index (χ1) is 34.2. The second-order valence-corrected chi connectivity index (χ2v) is 20.2. The van der Waals surface area contributed by atoms with E-state index in [9.17, 15) is 19.2 Å². The van der Waals surface area contributed by atoms with Crippen LogP contribution < -0.4 is 0 Å². The Balaban J connectivity index is 0.000000175. The van der Waals surface area contributed by atoms with Gasteiger partial charge in [0.05, 0.1) is 46.7 Å². The number of benzene rings is 4. The molecule has 8 aliphatic heterocycles. The van der Waals surface area contributed by atoms with Gasteiger partial charge in [0.15, 0.2) is 0 Å². The standard InChI is InChI=1S/C31H31N4O2.C28H25N4O2.2Y/c1-5-20-10-23-14-32-28-12-22(7-8-25(28)30(36)34(23)16-20)19(4)26-13-29-27(9-18(26)3)31(37)35-17-21(6-2)11-24(35)15-33-29;1-16-6-21-12-29-25-10-19(4-5-23(25)27(33)31(21)14-16)9-20-11-26-24(8-18(20)3)28(34)32-15-17(2)7-22(32)13-30-26;;/h5-6,8-9,12-15,19,23-24H,10-11,16-17H2,1-4H3;5,8,10-13,21-22H,1-2,6-7,9,14-15H2,3H3;;/q2*-1;;/b20-5+,21-6+;;;/t19?,23-,24-;21-,22-;;/m00../s1. The Morgan fingerprint density at radius 1 is 0.562 bits per heavy atom. The number of aliphatic imine (C=N–C) groups is 4. The van der Waals surface area contributed by atoms with Crippen LogP contribution in [0.3, 0.4) is 0 Å². The first-order valence-corrected chi connectivity index (χ1v) is 24.7. The van der Waals surface area contributed by atoms with E-state index in [0.717, 1.165) is 75.9 Å². The molecular formula is C59H56N8O4Y2-2. The molecule has 4 fully saturated rings. The molecule has 0 spiro atoms. The third-order valence-electron chi connectivity index (χ3n) is 15.5. The molecule has 12 rings (SSSR count). The van der Waals surface area contributed by atoms with E-state index in [1.54, 1.807) is 12.1 Å². The first-order valence-electron chi connectivity index (χ1n) is 24.7. The Hall–Kier alpha value is -5.39. The van der Waals surface area contributed by atoms with E-state index in [1.165, 1.54) is 11.1 Å². The van der Waals surface area contributed by atoms with Crippen LogP contribution in [0.15, 0.2) is 116 Å². The average Bonchev–Trinajstić information content (AvgIpc) is 4.12. The molecule has 364 valence electrons. The van der Waals surface area contributed by atoms with Crippen molar-refractivity contribution >= 4 is 71.2 Å². The van der Waals surface area contributed by atoms with Gasteiger partial charge in [0.1, 0.15) is 0 Å². The van der Waals surface area contributed by atoms with Crippen LogP contribution in [0.25, 0.3) is 0 Å². The van der Waals surface area contributed by atoms with Crippen molar-refractivity contribution in [3.8, 4) is 0 Å². The molecule has 5 atom stereocenters. The Morgan fingerprint density at radius 2 is 0.986 bits per heavy atom. The van der Waals surface area contributed by atoms with E-state index in [-0.39, 0.29) is 119 Å². The minimum Gasteiger partial charge on any atom is -0.337 e. The molecule has 1 unspecified atom stereocenters. The number of allylic oxidation sites excluding steroid dienone is 2. The van der Waals surface area contributed by atoms with Gasteiger partial charge in [-0.05, 0) is 135 Å². The molecular weight excluding hydrogens is 1060 g/mol. The molecule has 0 saturated carbocycles. The molecule has 8 aliphatic rings. The van der Waals surface area contributed by atoms with Crippen molar-refractivity contribution < 1.29 is 84.6 Å². The molecule has 14 heteroatoms. The largest absolute Gasteiger partial charge is 0.337 e. The summed E-state index contributed by atoms with van der Waals surface area (Å²) < 4.78 is 0. The average molecular weight is 1120 g/mol. The summed E-state index contributed by atoms with van der Waals surface area (Å²) in [5.74, 6) is 0.0551. The fourth-order valence-corrected chi connectivity index (χ4v) is 11.3. The molecule has 0 aromatic heterocycles. The van der Waals surface area contributed by atoms with Crippen LogP contribution in [-0.4, -0.2) is 118 Å². The smallest absolute Gasteiger partial charge is 0.256 e. The van der Waals surface area contributed by atoms with E-state index in [4.69, 9.17) is 9.98 Å². The summed E-state index contributed by atoms with van der Waals surface area (Å²) in [6.07, 6.45) is 15.6. The summed E-state index contributed by atoms with van der Waals surface area (Å²) in [5, 5.41) is 0. The molecule has 0 aliphatic carbocycles. The maximum Gasteiger partial charge on any atom is 0.256 e. The maximum atomic E-state index is 13.4. The van der Waals surface area contributed by atoms with Gasteiger partial charge in [-0.2, -0.15) is 35.4 Å². The molecule has 0 N–H and O–H groups in total. The van der Waals surface area contributed by atoms with Gasteiger partial charge < -0.3 is 19.6 Å². The van der Waals surface area contributed by atoms with Gasteiger partial charge in [-0.25, -0.2) is 0 Å². The van der Waals surface area contributed by atoms with Gasteiger partial charge in [0.25, 0.3) is 11.8 Å². The number of hydrogen-bond donors (Lipinski definition) is 0. The third kappa shape index (κ3) is 9.78. The van der Waals surface area contributed by atoms with Crippen molar-refractivity contribution in [2.75, 3.05) is 26.2 Å². The van der Waals surface area contributed by atoms with Gasteiger partial charge in [-0.15, -0.1) is 12.1 Å². The van der Waals surface area contributed by atoms with E-state index >= 15 is 0 Å². The van der Waals surface area contributed by atoms with Gasteiger partial charge in [-0.3, -0.25) is 39.1 Å². The fraction of sp³-hybridized carbons (Fsp3) is 0.322. The van der Waals surface area contributed by atoms with Gasteiger partial charge >= 0.3 is 0 Å². The van der Waals surface area contributed by atoms with Crippen molar-refractivity contribution in [1.29, 1.82) is 0 Å². The number of rotatable bonds is 4. The predicted molar refractivity (Wildman–Crippen MR) is 279 cm³/mol. The number of fused-ring (bicyclic) bond motifs is 8. The van der Waals surface area contributed by atoms with Crippen molar-refractivity contribution in [3.05, 3.63) is 164 Å². The molecule has 12 nitrogen and oxygen atoms in total. The maximum absolute atomic E-state index is 13.4. The van der Waals surface area contributed by atoms with Crippen LogP contribution in [-0.2, 0) is 71.8 Å². The summed E-state index contributed by atoms with van der Waals surface area (Å²) in [7, 11) is 0. The van der Waals surface area contributed by atoms with Crippen LogP contribution in [0.5, 0.6) is 0 Å². The second kappa shape index (κ2) is 21.1. The summed E-state index contributed by atoms with van der Waals surface area (Å²) in [4.78, 5) is 79.2. The SMILES string of the molecule is C/C=C1\C[C@H]2C=Nc3cc(C(C)c4cc5c(cc4C)C(=O)N4C/C(=C/C)C[C@H]4C=N5)[c-]cc3C(=O)N2C1.C=C1C[C@H]2C=Nc3cc(Cc4cc5c(cc4C)C(=O)N4CC(=C)C[C@H]4C=N5)[c-]cc3C(=O)N2C1.[Y].[Y]. The van der Waals surface area contributed by atoms with Crippen molar-refractivity contribution in [1.82, 2.24) is 19.6 Å². The molecule has 4 aromatic rings. The quantitative estimate of drug-likeness (QED) is 0.149. The fourth-order valence-electron chi connectivity index (χ4n) is 11.3. The predicted octanol–water partition coefficient (Wildman–Crippen LogP) is 10.1. The van der Waals surface area contributed by atoms with Crippen molar-refractivity contribution in [2.24, 2.45) is 20.0 Å². The number of carbonyl (C=O) groups is 4. The normalized spacial score (nSPS) is 23.5. The zero-order valence-electron chi connectivity index (χ0n) is 42.1. The van der Waals surface area contributed by atoms with Gasteiger partial charge in [-0.1, -0.05) is 54.5 Å². The van der Waals surface area contributed by atoms with Crippen molar-refractivity contribution in [2.45, 2.75) is 96.8 Å². The molecule has 2 radical (unpaired) electrons. The molecule has 4 aromatic carbocycles. The van der Waals surface area contributed by atoms with Crippen LogP contribution in [0, 0.1) is 26.0 Å². The minimum absolute atomic E-state index is 0. The van der Waals surface area contributed by atoms with Crippen molar-refractivity contribution in [3.63, 3.8) is 0 Å². The Kier molecular flexibility index (Phi) is 15.2. The van der Waals surface area contributed by atoms with E-state index < -0.39 is 0 Å². The zero-order valence-corrected chi connectivity index (χ0v) is 47.8. The van der Waals surface area contributed by atoms with Crippen LogP contribution >= 0.6 is 0 Å². The Bertz CT molecular complexity index is 3240. The monoisotopic (exact) mass is 1120 g/mol. The minimum atomic E-state index is -0.0227. The van der Waals surface area contributed by atoms with E-state index in [1.807, 2.05) is 109 Å². The molecule has 73 heavy (non-hydrogen) atoms. The van der Waals surface area contributed by atoms with Gasteiger partial charge in [0, 0.05) is 116 Å². The molecule has 8 heterocycles. The number of hydrogen-bond acceptors (Lipinski definition) is 8. The molecule has 4 amide bonds. The summed E-state index contributed by atoms with van der Waals surface area (Å²) in [5.41, 5.74) is 16.1. The van der Waals surface area contributed by atoms with Crippen LogP contribution in [0.1, 0.15) is 127 Å². The van der Waals surface area contributed by atoms with E-state index in [0.29, 0.717) is 71.9 Å². The third-order valence-corrected chi connectivity index (χ3v) is 15.5. The first kappa shape index (κ1) is 52.5. The zero-order chi connectivity index (χ0) is 49.4. The Morgan fingerprint density at radius 3 is 1.51 bits per heavy atom. The van der Waals surface area contributed by atoms with E-state index in [2.05, 4.69) is 54.4 Å². The number of nitrogens with zero attached hydrogens (tertiary/aromatic N) is 8. The second-order valence-electron chi connectivity index (χ2n) is 20.2. The van der Waals surface area contributed by atoms with Gasteiger partial charge in [0.2, 0.25) is 11.8 Å². The topological polar surface area (TPSA) is 131 Å². The molecule has 0 bridgehead atoms.